The van der Waals surface area contributed by atoms with E-state index in [9.17, 15) is 28.7 Å². The average molecular weight is 536 g/mol. The van der Waals surface area contributed by atoms with Gasteiger partial charge in [-0.25, -0.2) is 19.2 Å². The van der Waals surface area contributed by atoms with Gasteiger partial charge in [-0.2, -0.15) is 0 Å². The molecule has 2 aliphatic heterocycles. The van der Waals surface area contributed by atoms with Gasteiger partial charge in [0, 0.05) is 20.1 Å². The zero-order chi connectivity index (χ0) is 27.7. The Morgan fingerprint density at radius 1 is 1.10 bits per heavy atom. The largest absolute Gasteiger partial charge is 0.481 e. The van der Waals surface area contributed by atoms with Gasteiger partial charge in [0.2, 0.25) is 11.8 Å². The van der Waals surface area contributed by atoms with Crippen molar-refractivity contribution in [1.29, 1.82) is 0 Å². The first-order chi connectivity index (χ1) is 18.7. The zero-order valence-electron chi connectivity index (χ0n) is 21.5. The number of halogens is 1. The predicted octanol–water partition coefficient (Wildman–Crippen LogP) is 0.463. The van der Waals surface area contributed by atoms with E-state index in [2.05, 4.69) is 11.4 Å². The molecule has 0 unspecified atom stereocenters. The molecule has 2 aromatic carbocycles. The Morgan fingerprint density at radius 2 is 1.85 bits per heavy atom. The van der Waals surface area contributed by atoms with Crippen molar-refractivity contribution < 1.29 is 28.7 Å². The Balaban J connectivity index is 1.45. The molecule has 3 aliphatic rings. The fourth-order valence-corrected chi connectivity index (χ4v) is 5.60. The summed E-state index contributed by atoms with van der Waals surface area (Å²) in [7, 11) is 1.60. The normalized spacial score (nSPS) is 21.3. The molecule has 2 N–H and O–H groups in total. The van der Waals surface area contributed by atoms with Gasteiger partial charge in [-0.1, -0.05) is 42.5 Å². The fraction of sp³-hybridized carbons (Fsp3) is 0.357. The molecule has 0 radical (unpaired) electrons. The summed E-state index contributed by atoms with van der Waals surface area (Å²) in [6.07, 6.45) is 2.26. The summed E-state index contributed by atoms with van der Waals surface area (Å²) < 4.78 is 13.3. The van der Waals surface area contributed by atoms with Crippen molar-refractivity contribution in [3.05, 3.63) is 70.3 Å². The highest BCUT2D eigenvalue weighted by Crippen LogP contribution is 2.28. The van der Waals surface area contributed by atoms with Gasteiger partial charge in [0.25, 0.3) is 0 Å². The molecule has 4 amide bonds. The summed E-state index contributed by atoms with van der Waals surface area (Å²) in [5, 5.41) is 17.4. The van der Waals surface area contributed by atoms with E-state index in [0.29, 0.717) is 5.56 Å². The lowest BCUT2D eigenvalue weighted by Gasteiger charge is -2.54. The van der Waals surface area contributed by atoms with Crippen LogP contribution < -0.4 is 15.8 Å². The molecular formula is C28H30FN5O5. The van der Waals surface area contributed by atoms with Crippen LogP contribution >= 0.6 is 0 Å². The third kappa shape index (κ3) is 5.35. The van der Waals surface area contributed by atoms with E-state index in [1.165, 1.54) is 27.1 Å². The number of carboxylic acids is 1. The molecule has 2 heterocycles. The molecule has 0 spiro atoms. The second-order valence-corrected chi connectivity index (χ2v) is 9.99. The van der Waals surface area contributed by atoms with E-state index in [1.54, 1.807) is 24.1 Å². The van der Waals surface area contributed by atoms with Gasteiger partial charge in [-0.05, 0) is 46.5 Å². The number of urea groups is 1. The van der Waals surface area contributed by atoms with Gasteiger partial charge < -0.3 is 20.2 Å². The van der Waals surface area contributed by atoms with Gasteiger partial charge in [0.1, 0.15) is 18.0 Å². The summed E-state index contributed by atoms with van der Waals surface area (Å²) in [5.74, 6) is -2.46. The zero-order valence-corrected chi connectivity index (χ0v) is 21.5. The molecule has 204 valence electrons. The van der Waals surface area contributed by atoms with Gasteiger partial charge in [-0.3, -0.25) is 14.4 Å². The van der Waals surface area contributed by atoms with Crippen molar-refractivity contribution in [2.24, 2.45) is 0 Å². The van der Waals surface area contributed by atoms with Crippen molar-refractivity contribution >= 4 is 35.5 Å². The smallest absolute Gasteiger partial charge is 0.334 e. The quantitative estimate of drug-likeness (QED) is 0.556. The number of piperazine rings is 1. The van der Waals surface area contributed by atoms with Crippen LogP contribution in [-0.2, 0) is 20.9 Å². The van der Waals surface area contributed by atoms with E-state index >= 15 is 0 Å². The lowest BCUT2D eigenvalue weighted by Crippen LogP contribution is -2.76. The third-order valence-electron chi connectivity index (χ3n) is 7.41. The van der Waals surface area contributed by atoms with Crippen LogP contribution in [0.4, 0.5) is 9.18 Å². The molecule has 1 aliphatic carbocycles. The molecule has 5 rings (SSSR count). The van der Waals surface area contributed by atoms with Crippen molar-refractivity contribution in [1.82, 2.24) is 25.1 Å². The van der Waals surface area contributed by atoms with E-state index in [0.717, 1.165) is 28.9 Å². The molecule has 0 bridgehead atoms. The molecule has 2 atom stereocenters. The van der Waals surface area contributed by atoms with Crippen LogP contribution in [0.25, 0.3) is 11.6 Å². The van der Waals surface area contributed by atoms with Crippen LogP contribution in [0, 0.1) is 5.82 Å². The van der Waals surface area contributed by atoms with E-state index < -0.39 is 42.4 Å². The molecular weight excluding hydrogens is 505 g/mol. The predicted molar refractivity (Wildman–Crippen MR) is 139 cm³/mol. The maximum atomic E-state index is 13.6. The van der Waals surface area contributed by atoms with Gasteiger partial charge in [0.15, 0.2) is 0 Å². The van der Waals surface area contributed by atoms with Crippen LogP contribution in [0.3, 0.4) is 0 Å². The van der Waals surface area contributed by atoms with Crippen LogP contribution in [0.2, 0.25) is 0 Å². The topological polar surface area (TPSA) is 114 Å². The summed E-state index contributed by atoms with van der Waals surface area (Å²) in [4.78, 5) is 54.8. The highest BCUT2D eigenvalue weighted by atomic mass is 19.1. The van der Waals surface area contributed by atoms with Gasteiger partial charge >= 0.3 is 12.0 Å². The molecule has 2 aromatic rings. The number of fused-ring (bicyclic) bond motifs is 2. The lowest BCUT2D eigenvalue weighted by atomic mass is 9.97. The van der Waals surface area contributed by atoms with Crippen LogP contribution in [0.1, 0.15) is 24.8 Å². The Hall–Kier alpha value is -4.25. The minimum atomic E-state index is -1.24. The fourth-order valence-electron chi connectivity index (χ4n) is 5.60. The van der Waals surface area contributed by atoms with E-state index in [1.807, 2.05) is 24.3 Å². The van der Waals surface area contributed by atoms with E-state index in [-0.39, 0.29) is 32.0 Å². The Morgan fingerprint density at radius 3 is 2.59 bits per heavy atom. The highest BCUT2D eigenvalue weighted by Gasteiger charge is 2.51. The number of nitrogens with zero attached hydrogens (tertiary/aromatic N) is 4. The molecule has 0 saturated carbocycles. The SMILES string of the molecule is CN1CC(=O)N2[C@@H](CC(=O)O)C(=O)N(CC3=c4ccccc4=CCC3)C[C@@H]2N1C(=O)NCc1ccc(F)cc1. The Kier molecular flexibility index (Phi) is 7.34. The first kappa shape index (κ1) is 26.4. The van der Waals surface area contributed by atoms with Crippen molar-refractivity contribution in [3.8, 4) is 0 Å². The van der Waals surface area contributed by atoms with Crippen LogP contribution in [0.5, 0.6) is 0 Å². The number of nitrogens with one attached hydrogen (secondary N) is 1. The molecule has 2 fully saturated rings. The summed E-state index contributed by atoms with van der Waals surface area (Å²) in [6, 6.07) is 11.9. The van der Waals surface area contributed by atoms with Crippen LogP contribution in [0.15, 0.2) is 48.5 Å². The Bertz CT molecular complexity index is 1430. The summed E-state index contributed by atoms with van der Waals surface area (Å²) >= 11 is 0. The molecule has 0 aromatic heterocycles. The molecule has 10 nitrogen and oxygen atoms in total. The maximum Gasteiger partial charge on any atom is 0.334 e. The number of hydrazine groups is 1. The Labute approximate surface area is 224 Å². The highest BCUT2D eigenvalue weighted by molar-refractivity contribution is 5.94. The minimum absolute atomic E-state index is 0.0321. The lowest BCUT2D eigenvalue weighted by molar-refractivity contribution is -0.187. The van der Waals surface area contributed by atoms with Gasteiger partial charge in [-0.15, -0.1) is 0 Å². The first-order valence-corrected chi connectivity index (χ1v) is 12.8. The minimum Gasteiger partial charge on any atom is -0.481 e. The monoisotopic (exact) mass is 535 g/mol. The summed E-state index contributed by atoms with van der Waals surface area (Å²) in [6.45, 7) is 0.235. The number of hydrogen-bond acceptors (Lipinski definition) is 5. The van der Waals surface area contributed by atoms with Crippen molar-refractivity contribution in [2.45, 2.75) is 38.0 Å². The van der Waals surface area contributed by atoms with Crippen molar-refractivity contribution in [3.63, 3.8) is 0 Å². The third-order valence-corrected chi connectivity index (χ3v) is 7.41. The average Bonchev–Trinajstić information content (AvgIpc) is 2.90. The van der Waals surface area contributed by atoms with Gasteiger partial charge in [0.05, 0.1) is 19.5 Å². The van der Waals surface area contributed by atoms with E-state index in [4.69, 9.17) is 0 Å². The second kappa shape index (κ2) is 10.9. The number of amides is 4. The number of carboxylic acid groups (broad SMARTS) is 1. The number of likely N-dealkylation sites (N-methyl/N-ethyl adjacent to an activating group) is 1. The van der Waals surface area contributed by atoms with Crippen LogP contribution in [-0.4, -0.2) is 87.6 Å². The number of rotatable bonds is 6. The maximum absolute atomic E-state index is 13.6. The summed E-state index contributed by atoms with van der Waals surface area (Å²) in [5.41, 5.74) is 1.73. The number of carbonyl (C=O) groups excluding carboxylic acids is 3. The number of hydrogen-bond donors (Lipinski definition) is 2. The second-order valence-electron chi connectivity index (χ2n) is 9.99. The standard InChI is InChI=1S/C28H30FN5O5/c1-31-17-25(35)33-23(13-26(36)37)27(38)32(15-20-7-4-6-19-5-2-3-8-22(19)20)16-24(33)34(31)28(39)30-14-18-9-11-21(29)12-10-18/h2-3,5-6,8-12,23-24H,4,7,13-17H2,1H3,(H,30,39)(H,36,37)/t23-,24-/m0/s1. The molecule has 2 saturated heterocycles. The first-order valence-electron chi connectivity index (χ1n) is 12.8. The number of carbonyl (C=O) groups is 4. The number of benzene rings is 2. The number of aliphatic carboxylic acids is 1. The molecule has 39 heavy (non-hydrogen) atoms. The van der Waals surface area contributed by atoms with Crippen molar-refractivity contribution in [2.75, 3.05) is 26.7 Å². The molecule has 11 heteroatoms.